The number of aromatic carboxylic acids is 1. The molecule has 0 bridgehead atoms. The fraction of sp³-hybridized carbons (Fsp3) is 0.400. The molecule has 30 heavy (non-hydrogen) atoms. The van der Waals surface area contributed by atoms with E-state index in [1.807, 2.05) is 6.07 Å². The maximum absolute atomic E-state index is 11.3. The first-order chi connectivity index (χ1) is 13.9. The van der Waals surface area contributed by atoms with Gasteiger partial charge < -0.3 is 25.7 Å². The van der Waals surface area contributed by atoms with Gasteiger partial charge in [0.25, 0.3) is 0 Å². The van der Waals surface area contributed by atoms with E-state index in [0.29, 0.717) is 18.2 Å². The van der Waals surface area contributed by atoms with Gasteiger partial charge >= 0.3 is 5.97 Å². The highest BCUT2D eigenvalue weighted by Gasteiger charge is 2.25. The highest BCUT2D eigenvalue weighted by atomic mass is 35.5. The summed E-state index contributed by atoms with van der Waals surface area (Å²) in [6.07, 6.45) is 2.55. The van der Waals surface area contributed by atoms with Gasteiger partial charge in [-0.1, -0.05) is 13.3 Å². The molecule has 2 heterocycles. The SMILES string of the molecule is CCCc1cc(N2CC[C@H](NC(C)=O)C2)nc(Nc2ccc(O)c(C(=O)O)c2)n1.Cl. The molecule has 1 atom stereocenters. The number of carboxylic acid groups (broad SMARTS) is 1. The van der Waals surface area contributed by atoms with Crippen LogP contribution in [0.3, 0.4) is 0 Å². The molecule has 0 radical (unpaired) electrons. The summed E-state index contributed by atoms with van der Waals surface area (Å²) in [6.45, 7) is 5.02. The Balaban J connectivity index is 0.00000320. The predicted molar refractivity (Wildman–Crippen MR) is 116 cm³/mol. The summed E-state index contributed by atoms with van der Waals surface area (Å²) in [5.41, 5.74) is 1.15. The third-order valence-corrected chi connectivity index (χ3v) is 4.67. The van der Waals surface area contributed by atoms with E-state index in [9.17, 15) is 19.8 Å². The summed E-state index contributed by atoms with van der Waals surface area (Å²) < 4.78 is 0. The predicted octanol–water partition coefficient (Wildman–Crippen LogP) is 2.71. The molecular formula is C20H26ClN5O4. The Labute approximate surface area is 180 Å². The molecule has 4 N–H and O–H groups in total. The second-order valence-corrected chi connectivity index (χ2v) is 7.09. The molecule has 1 fully saturated rings. The number of nitrogens with zero attached hydrogens (tertiary/aromatic N) is 3. The lowest BCUT2D eigenvalue weighted by Crippen LogP contribution is -2.35. The fourth-order valence-corrected chi connectivity index (χ4v) is 3.37. The Morgan fingerprint density at radius 3 is 2.70 bits per heavy atom. The van der Waals surface area contributed by atoms with Gasteiger partial charge in [-0.2, -0.15) is 4.98 Å². The molecular weight excluding hydrogens is 410 g/mol. The molecule has 1 saturated heterocycles. The zero-order valence-corrected chi connectivity index (χ0v) is 17.7. The number of phenols is 1. The maximum atomic E-state index is 11.3. The third kappa shape index (κ3) is 5.73. The average Bonchev–Trinajstić information content (AvgIpc) is 3.11. The molecule has 9 nitrogen and oxygen atoms in total. The molecule has 2 aromatic rings. The molecule has 3 rings (SSSR count). The first-order valence-corrected chi connectivity index (χ1v) is 9.59. The molecule has 10 heteroatoms. The molecule has 0 saturated carbocycles. The molecule has 1 aromatic carbocycles. The van der Waals surface area contributed by atoms with Crippen molar-refractivity contribution in [3.05, 3.63) is 35.5 Å². The van der Waals surface area contributed by atoms with E-state index in [4.69, 9.17) is 0 Å². The van der Waals surface area contributed by atoms with E-state index >= 15 is 0 Å². The first-order valence-electron chi connectivity index (χ1n) is 9.59. The lowest BCUT2D eigenvalue weighted by atomic mass is 10.2. The molecule has 1 amide bonds. The lowest BCUT2D eigenvalue weighted by Gasteiger charge is -2.19. The van der Waals surface area contributed by atoms with Crippen LogP contribution in [0, 0.1) is 0 Å². The number of carbonyl (C=O) groups is 2. The smallest absolute Gasteiger partial charge is 0.339 e. The van der Waals surface area contributed by atoms with Crippen LogP contribution in [0.2, 0.25) is 0 Å². The van der Waals surface area contributed by atoms with E-state index in [1.54, 1.807) is 6.07 Å². The van der Waals surface area contributed by atoms with Crippen LogP contribution in [-0.4, -0.2) is 51.2 Å². The standard InChI is InChI=1S/C20H25N5O4.ClH/c1-3-4-13-10-18(25-8-7-15(11-25)21-12(2)26)24-20(22-13)23-14-5-6-17(27)16(9-14)19(28)29;/h5-6,9-10,15,27H,3-4,7-8,11H2,1-2H3,(H,21,26)(H,28,29)(H,22,23,24);1H/t15-;/m0./s1. The Kier molecular flexibility index (Phi) is 7.82. The number of amides is 1. The van der Waals surface area contributed by atoms with Crippen molar-refractivity contribution in [1.29, 1.82) is 0 Å². The van der Waals surface area contributed by atoms with Gasteiger partial charge in [0.15, 0.2) is 0 Å². The minimum Gasteiger partial charge on any atom is -0.507 e. The van der Waals surface area contributed by atoms with Crippen molar-refractivity contribution in [2.45, 2.75) is 39.2 Å². The van der Waals surface area contributed by atoms with Gasteiger partial charge in [-0.15, -0.1) is 12.4 Å². The van der Waals surface area contributed by atoms with E-state index in [1.165, 1.54) is 19.1 Å². The fourth-order valence-electron chi connectivity index (χ4n) is 3.37. The number of benzene rings is 1. The number of hydrogen-bond donors (Lipinski definition) is 4. The molecule has 162 valence electrons. The van der Waals surface area contributed by atoms with Gasteiger partial charge in [-0.3, -0.25) is 4.79 Å². The number of halogens is 1. The second kappa shape index (κ2) is 10.1. The van der Waals surface area contributed by atoms with Gasteiger partial charge in [0.05, 0.1) is 0 Å². The number of aryl methyl sites for hydroxylation is 1. The summed E-state index contributed by atoms with van der Waals surface area (Å²) in [5, 5.41) is 24.9. The van der Waals surface area contributed by atoms with Crippen LogP contribution in [0.15, 0.2) is 24.3 Å². The maximum Gasteiger partial charge on any atom is 0.339 e. The van der Waals surface area contributed by atoms with Crippen LogP contribution in [0.4, 0.5) is 17.5 Å². The first kappa shape index (κ1) is 23.2. The highest BCUT2D eigenvalue weighted by Crippen LogP contribution is 2.25. The van der Waals surface area contributed by atoms with E-state index in [-0.39, 0.29) is 35.7 Å². The van der Waals surface area contributed by atoms with Gasteiger partial charge in [-0.25, -0.2) is 9.78 Å². The second-order valence-electron chi connectivity index (χ2n) is 7.09. The Bertz CT molecular complexity index is 924. The summed E-state index contributed by atoms with van der Waals surface area (Å²) in [6, 6.07) is 6.27. The number of rotatable bonds is 7. The number of carbonyl (C=O) groups excluding carboxylic acids is 1. The normalized spacial score (nSPS) is 15.4. The number of carboxylic acids is 1. The van der Waals surface area contributed by atoms with Crippen LogP contribution in [0.1, 0.15) is 42.7 Å². The summed E-state index contributed by atoms with van der Waals surface area (Å²) >= 11 is 0. The summed E-state index contributed by atoms with van der Waals surface area (Å²) in [7, 11) is 0. The van der Waals surface area contributed by atoms with Crippen LogP contribution < -0.4 is 15.5 Å². The van der Waals surface area contributed by atoms with Crippen molar-refractivity contribution >= 4 is 41.7 Å². The quantitative estimate of drug-likeness (QED) is 0.489. The largest absolute Gasteiger partial charge is 0.507 e. The van der Waals surface area contributed by atoms with Crippen LogP contribution in [-0.2, 0) is 11.2 Å². The van der Waals surface area contributed by atoms with Crippen LogP contribution >= 0.6 is 12.4 Å². The lowest BCUT2D eigenvalue weighted by molar-refractivity contribution is -0.119. The van der Waals surface area contributed by atoms with Gasteiger partial charge in [0, 0.05) is 43.5 Å². The van der Waals surface area contributed by atoms with Crippen molar-refractivity contribution < 1.29 is 19.8 Å². The number of hydrogen-bond acceptors (Lipinski definition) is 7. The van der Waals surface area contributed by atoms with Crippen molar-refractivity contribution in [2.75, 3.05) is 23.3 Å². The zero-order valence-electron chi connectivity index (χ0n) is 16.9. The van der Waals surface area contributed by atoms with Crippen molar-refractivity contribution in [1.82, 2.24) is 15.3 Å². The minimum absolute atomic E-state index is 0. The van der Waals surface area contributed by atoms with Gasteiger partial charge in [0.2, 0.25) is 11.9 Å². The average molecular weight is 436 g/mol. The Hall–Kier alpha value is -3.07. The van der Waals surface area contributed by atoms with Crippen molar-refractivity contribution in [2.24, 2.45) is 0 Å². The molecule has 0 spiro atoms. The molecule has 1 aliphatic heterocycles. The minimum atomic E-state index is -1.21. The number of aromatic nitrogens is 2. The monoisotopic (exact) mass is 435 g/mol. The number of aromatic hydroxyl groups is 1. The van der Waals surface area contributed by atoms with Gasteiger partial charge in [-0.05, 0) is 31.0 Å². The molecule has 1 aromatic heterocycles. The van der Waals surface area contributed by atoms with Crippen LogP contribution in [0.5, 0.6) is 5.75 Å². The highest BCUT2D eigenvalue weighted by molar-refractivity contribution is 5.92. The molecule has 1 aliphatic rings. The summed E-state index contributed by atoms with van der Waals surface area (Å²) in [4.78, 5) is 33.8. The van der Waals surface area contributed by atoms with Gasteiger partial charge in [0.1, 0.15) is 17.1 Å². The zero-order chi connectivity index (χ0) is 21.0. The van der Waals surface area contributed by atoms with E-state index < -0.39 is 5.97 Å². The molecule has 0 unspecified atom stereocenters. The van der Waals surface area contributed by atoms with E-state index in [0.717, 1.165) is 37.3 Å². The van der Waals surface area contributed by atoms with Crippen LogP contribution in [0.25, 0.3) is 0 Å². The van der Waals surface area contributed by atoms with Crippen molar-refractivity contribution in [3.8, 4) is 5.75 Å². The number of anilines is 3. The number of nitrogens with one attached hydrogen (secondary N) is 2. The summed E-state index contributed by atoms with van der Waals surface area (Å²) in [5.74, 6) is -0.443. The third-order valence-electron chi connectivity index (χ3n) is 4.67. The molecule has 0 aliphatic carbocycles. The Morgan fingerprint density at radius 1 is 1.27 bits per heavy atom. The Morgan fingerprint density at radius 2 is 2.03 bits per heavy atom. The van der Waals surface area contributed by atoms with E-state index in [2.05, 4.69) is 32.4 Å². The van der Waals surface area contributed by atoms with Crippen molar-refractivity contribution in [3.63, 3.8) is 0 Å². The topological polar surface area (TPSA) is 128 Å².